The van der Waals surface area contributed by atoms with Crippen LogP contribution in [0.15, 0.2) is 28.9 Å². The molecule has 3 rings (SSSR count). The highest BCUT2D eigenvalue weighted by Gasteiger charge is 2.20. The van der Waals surface area contributed by atoms with Crippen LogP contribution < -0.4 is 10.6 Å². The van der Waals surface area contributed by atoms with Crippen LogP contribution >= 0.6 is 0 Å². The maximum atomic E-state index is 13.0. The summed E-state index contributed by atoms with van der Waals surface area (Å²) >= 11 is 0. The summed E-state index contributed by atoms with van der Waals surface area (Å²) in [5.74, 6) is -0.544. The number of hydrogen-bond donors (Lipinski definition) is 2. The normalized spacial score (nSPS) is 19.3. The average Bonchev–Trinajstić information content (AvgIpc) is 2.97. The van der Waals surface area contributed by atoms with Crippen LogP contribution in [0.25, 0.3) is 11.0 Å². The summed E-state index contributed by atoms with van der Waals surface area (Å²) in [6.07, 6.45) is 2.30. The molecule has 1 unspecified atom stereocenters. The SMILES string of the molecule is O=C(NC1CCNC1)c1coc2cc(F)ccc12. The fourth-order valence-corrected chi connectivity index (χ4v) is 2.22. The Hall–Kier alpha value is -1.88. The van der Waals surface area contributed by atoms with Gasteiger partial charge in [-0.15, -0.1) is 0 Å². The lowest BCUT2D eigenvalue weighted by atomic mass is 10.1. The molecule has 2 heterocycles. The molecule has 0 saturated carbocycles. The van der Waals surface area contributed by atoms with E-state index < -0.39 is 0 Å². The Morgan fingerprint density at radius 1 is 1.50 bits per heavy atom. The molecule has 4 nitrogen and oxygen atoms in total. The molecule has 1 saturated heterocycles. The van der Waals surface area contributed by atoms with E-state index in [9.17, 15) is 9.18 Å². The van der Waals surface area contributed by atoms with Gasteiger partial charge in [0.25, 0.3) is 5.91 Å². The number of carbonyl (C=O) groups is 1. The molecule has 1 fully saturated rings. The quantitative estimate of drug-likeness (QED) is 0.850. The maximum absolute atomic E-state index is 13.0. The molecule has 2 aromatic rings. The molecule has 2 N–H and O–H groups in total. The Balaban J connectivity index is 1.86. The fourth-order valence-electron chi connectivity index (χ4n) is 2.22. The van der Waals surface area contributed by atoms with Crippen LogP contribution in [-0.4, -0.2) is 25.0 Å². The van der Waals surface area contributed by atoms with Gasteiger partial charge in [-0.25, -0.2) is 4.39 Å². The van der Waals surface area contributed by atoms with Crippen molar-refractivity contribution in [2.75, 3.05) is 13.1 Å². The molecule has 1 aromatic heterocycles. The number of rotatable bonds is 2. The number of hydrogen-bond acceptors (Lipinski definition) is 3. The molecular formula is C13H13FN2O2. The summed E-state index contributed by atoms with van der Waals surface area (Å²) in [5, 5.41) is 6.75. The van der Waals surface area contributed by atoms with Gasteiger partial charge in [0, 0.05) is 24.0 Å². The molecule has 1 amide bonds. The minimum Gasteiger partial charge on any atom is -0.463 e. The summed E-state index contributed by atoms with van der Waals surface area (Å²) in [7, 11) is 0. The van der Waals surface area contributed by atoms with Gasteiger partial charge in [-0.1, -0.05) is 0 Å². The zero-order valence-electron chi connectivity index (χ0n) is 9.70. The second-order valence-electron chi connectivity index (χ2n) is 4.45. The lowest BCUT2D eigenvalue weighted by Crippen LogP contribution is -2.36. The second kappa shape index (κ2) is 4.42. The van der Waals surface area contributed by atoms with Crippen molar-refractivity contribution in [2.45, 2.75) is 12.5 Å². The zero-order chi connectivity index (χ0) is 12.5. The Labute approximate surface area is 103 Å². The van der Waals surface area contributed by atoms with Crippen molar-refractivity contribution in [3.05, 3.63) is 35.8 Å². The van der Waals surface area contributed by atoms with E-state index in [1.807, 2.05) is 0 Å². The molecular weight excluding hydrogens is 235 g/mol. The number of benzene rings is 1. The van der Waals surface area contributed by atoms with Gasteiger partial charge in [0.1, 0.15) is 17.7 Å². The number of carbonyl (C=O) groups excluding carboxylic acids is 1. The van der Waals surface area contributed by atoms with E-state index >= 15 is 0 Å². The van der Waals surface area contributed by atoms with E-state index in [-0.39, 0.29) is 17.8 Å². The van der Waals surface area contributed by atoms with Gasteiger partial charge < -0.3 is 15.1 Å². The average molecular weight is 248 g/mol. The van der Waals surface area contributed by atoms with Crippen molar-refractivity contribution >= 4 is 16.9 Å². The maximum Gasteiger partial charge on any atom is 0.255 e. The lowest BCUT2D eigenvalue weighted by molar-refractivity contribution is 0.0941. The van der Waals surface area contributed by atoms with Gasteiger partial charge in [0.05, 0.1) is 5.56 Å². The summed E-state index contributed by atoms with van der Waals surface area (Å²) in [4.78, 5) is 12.1. The minimum absolute atomic E-state index is 0.155. The molecule has 5 heteroatoms. The predicted molar refractivity (Wildman–Crippen MR) is 64.9 cm³/mol. The summed E-state index contributed by atoms with van der Waals surface area (Å²) in [6.45, 7) is 1.71. The summed E-state index contributed by atoms with van der Waals surface area (Å²) < 4.78 is 18.2. The fraction of sp³-hybridized carbons (Fsp3) is 0.308. The highest BCUT2D eigenvalue weighted by Crippen LogP contribution is 2.22. The second-order valence-corrected chi connectivity index (χ2v) is 4.45. The molecule has 0 radical (unpaired) electrons. The molecule has 18 heavy (non-hydrogen) atoms. The monoisotopic (exact) mass is 248 g/mol. The van der Waals surface area contributed by atoms with Gasteiger partial charge in [-0.3, -0.25) is 4.79 Å². The van der Waals surface area contributed by atoms with Gasteiger partial charge in [-0.2, -0.15) is 0 Å². The van der Waals surface area contributed by atoms with E-state index in [4.69, 9.17) is 4.42 Å². The van der Waals surface area contributed by atoms with Gasteiger partial charge in [-0.05, 0) is 25.1 Å². The highest BCUT2D eigenvalue weighted by molar-refractivity contribution is 6.06. The third kappa shape index (κ3) is 1.97. The molecule has 0 spiro atoms. The summed E-state index contributed by atoms with van der Waals surface area (Å²) in [5.41, 5.74) is 0.849. The predicted octanol–water partition coefficient (Wildman–Crippen LogP) is 1.66. The van der Waals surface area contributed by atoms with E-state index in [0.29, 0.717) is 16.5 Å². The number of nitrogens with one attached hydrogen (secondary N) is 2. The van der Waals surface area contributed by atoms with Crippen molar-refractivity contribution in [3.63, 3.8) is 0 Å². The van der Waals surface area contributed by atoms with Gasteiger partial charge in [0.2, 0.25) is 0 Å². The van der Waals surface area contributed by atoms with Crippen LogP contribution in [-0.2, 0) is 0 Å². The Kier molecular flexibility index (Phi) is 2.76. The molecule has 94 valence electrons. The van der Waals surface area contributed by atoms with E-state index in [2.05, 4.69) is 10.6 Å². The van der Waals surface area contributed by atoms with Crippen molar-refractivity contribution in [1.82, 2.24) is 10.6 Å². The topological polar surface area (TPSA) is 54.3 Å². The van der Waals surface area contributed by atoms with Crippen molar-refractivity contribution in [3.8, 4) is 0 Å². The zero-order valence-corrected chi connectivity index (χ0v) is 9.70. The first-order valence-corrected chi connectivity index (χ1v) is 5.92. The van der Waals surface area contributed by atoms with Crippen LogP contribution in [0.5, 0.6) is 0 Å². The van der Waals surface area contributed by atoms with Gasteiger partial charge in [0.15, 0.2) is 0 Å². The van der Waals surface area contributed by atoms with Crippen LogP contribution in [0.2, 0.25) is 0 Å². The van der Waals surface area contributed by atoms with E-state index in [1.165, 1.54) is 18.4 Å². The van der Waals surface area contributed by atoms with Crippen molar-refractivity contribution < 1.29 is 13.6 Å². The largest absolute Gasteiger partial charge is 0.463 e. The van der Waals surface area contributed by atoms with E-state index in [0.717, 1.165) is 19.5 Å². The third-order valence-electron chi connectivity index (χ3n) is 3.18. The molecule has 1 aromatic carbocycles. The van der Waals surface area contributed by atoms with Crippen molar-refractivity contribution in [2.24, 2.45) is 0 Å². The first kappa shape index (κ1) is 11.2. The first-order valence-electron chi connectivity index (χ1n) is 5.92. The Morgan fingerprint density at radius 3 is 3.17 bits per heavy atom. The number of furan rings is 1. The van der Waals surface area contributed by atoms with Crippen LogP contribution in [0.1, 0.15) is 16.8 Å². The summed E-state index contributed by atoms with van der Waals surface area (Å²) in [6, 6.07) is 4.33. The molecule has 0 bridgehead atoms. The Morgan fingerprint density at radius 2 is 2.39 bits per heavy atom. The highest BCUT2D eigenvalue weighted by atomic mass is 19.1. The van der Waals surface area contributed by atoms with Gasteiger partial charge >= 0.3 is 0 Å². The molecule has 0 aliphatic carbocycles. The van der Waals surface area contributed by atoms with Crippen LogP contribution in [0, 0.1) is 5.82 Å². The first-order chi connectivity index (χ1) is 8.74. The number of amides is 1. The minimum atomic E-state index is -0.371. The lowest BCUT2D eigenvalue weighted by Gasteiger charge is -2.09. The Bertz CT molecular complexity index is 588. The number of halogens is 1. The smallest absolute Gasteiger partial charge is 0.255 e. The molecule has 1 aliphatic heterocycles. The van der Waals surface area contributed by atoms with Crippen LogP contribution in [0.3, 0.4) is 0 Å². The third-order valence-corrected chi connectivity index (χ3v) is 3.18. The standard InChI is InChI=1S/C13H13FN2O2/c14-8-1-2-10-11(7-18-12(10)5-8)13(17)16-9-3-4-15-6-9/h1-2,5,7,9,15H,3-4,6H2,(H,16,17). The van der Waals surface area contributed by atoms with Crippen molar-refractivity contribution in [1.29, 1.82) is 0 Å². The van der Waals surface area contributed by atoms with Crippen LogP contribution in [0.4, 0.5) is 4.39 Å². The van der Waals surface area contributed by atoms with E-state index in [1.54, 1.807) is 6.07 Å². The molecule has 1 atom stereocenters. The molecule has 1 aliphatic rings. The number of fused-ring (bicyclic) bond motifs is 1.